The van der Waals surface area contributed by atoms with E-state index >= 15 is 0 Å². The van der Waals surface area contributed by atoms with E-state index in [0.717, 1.165) is 0 Å². The first kappa shape index (κ1) is 17.0. The van der Waals surface area contributed by atoms with Crippen molar-refractivity contribution in [1.82, 2.24) is 10.6 Å². The second kappa shape index (κ2) is 11.1. The summed E-state index contributed by atoms with van der Waals surface area (Å²) in [6, 6.07) is -0.477. The van der Waals surface area contributed by atoms with Gasteiger partial charge < -0.3 is 20.5 Å². The van der Waals surface area contributed by atoms with Crippen LogP contribution in [0.25, 0.3) is 0 Å². The Bertz CT molecular complexity index is 246. The number of Topliss-reactive ketones (excluding diaryl/α,β-unsaturated/α-hetero) is 1. The van der Waals surface area contributed by atoms with Crippen LogP contribution in [0.1, 0.15) is 26.2 Å². The maximum atomic E-state index is 11.7. The third kappa shape index (κ3) is 8.16. The van der Waals surface area contributed by atoms with Crippen molar-refractivity contribution in [2.24, 2.45) is 0 Å². The van der Waals surface area contributed by atoms with Crippen molar-refractivity contribution in [2.75, 3.05) is 33.4 Å². The van der Waals surface area contributed by atoms with Crippen molar-refractivity contribution in [3.63, 3.8) is 0 Å². The number of nitrogens with one attached hydrogen (secondary N) is 2. The van der Waals surface area contributed by atoms with E-state index in [0.29, 0.717) is 32.6 Å². The van der Waals surface area contributed by atoms with Crippen LogP contribution in [0.4, 0.5) is 0 Å². The molecular weight excluding hydrogens is 236 g/mol. The Morgan fingerprint density at radius 3 is 2.61 bits per heavy atom. The van der Waals surface area contributed by atoms with Crippen molar-refractivity contribution in [2.45, 2.75) is 32.2 Å². The first-order chi connectivity index (χ1) is 8.65. The highest BCUT2D eigenvalue weighted by Gasteiger charge is 2.18. The highest BCUT2D eigenvalue weighted by Crippen LogP contribution is 1.96. The quantitative estimate of drug-likeness (QED) is 0.434. The summed E-state index contributed by atoms with van der Waals surface area (Å²) in [6.45, 7) is 3.18. The van der Waals surface area contributed by atoms with Gasteiger partial charge >= 0.3 is 0 Å². The summed E-state index contributed by atoms with van der Waals surface area (Å²) in [5.41, 5.74) is 0. The molecule has 0 radical (unpaired) electrons. The zero-order valence-electron chi connectivity index (χ0n) is 11.2. The SMILES string of the molecule is CCC(=O)CC(NC)C(=O)NCCOCCCO. The van der Waals surface area contributed by atoms with E-state index in [1.54, 1.807) is 14.0 Å². The summed E-state index contributed by atoms with van der Waals surface area (Å²) in [5, 5.41) is 14.1. The molecule has 0 aromatic rings. The number of ether oxygens (including phenoxy) is 1. The van der Waals surface area contributed by atoms with Crippen molar-refractivity contribution in [3.05, 3.63) is 0 Å². The van der Waals surface area contributed by atoms with Crippen LogP contribution >= 0.6 is 0 Å². The lowest BCUT2D eigenvalue weighted by Gasteiger charge is -2.15. The van der Waals surface area contributed by atoms with E-state index in [2.05, 4.69) is 10.6 Å². The van der Waals surface area contributed by atoms with Crippen LogP contribution in [-0.2, 0) is 14.3 Å². The maximum Gasteiger partial charge on any atom is 0.237 e. The first-order valence-corrected chi connectivity index (χ1v) is 6.31. The molecule has 0 bridgehead atoms. The molecule has 0 rings (SSSR count). The second-order valence-electron chi connectivity index (χ2n) is 3.92. The van der Waals surface area contributed by atoms with Gasteiger partial charge in [0.1, 0.15) is 5.78 Å². The van der Waals surface area contributed by atoms with Crippen LogP contribution in [0.2, 0.25) is 0 Å². The molecule has 0 aromatic carbocycles. The second-order valence-corrected chi connectivity index (χ2v) is 3.92. The van der Waals surface area contributed by atoms with Gasteiger partial charge in [-0.2, -0.15) is 0 Å². The molecule has 6 heteroatoms. The Kier molecular flexibility index (Phi) is 10.5. The normalized spacial score (nSPS) is 12.2. The van der Waals surface area contributed by atoms with Crippen molar-refractivity contribution < 1.29 is 19.4 Å². The van der Waals surface area contributed by atoms with E-state index < -0.39 is 6.04 Å². The fraction of sp³-hybridized carbons (Fsp3) is 0.833. The Morgan fingerprint density at radius 1 is 1.33 bits per heavy atom. The first-order valence-electron chi connectivity index (χ1n) is 6.31. The van der Waals surface area contributed by atoms with Gasteiger partial charge in [0.25, 0.3) is 0 Å². The number of carbonyl (C=O) groups is 2. The lowest BCUT2D eigenvalue weighted by atomic mass is 10.1. The zero-order valence-corrected chi connectivity index (χ0v) is 11.2. The predicted molar refractivity (Wildman–Crippen MR) is 68.3 cm³/mol. The standard InChI is InChI=1S/C12H24N2O4/c1-3-10(16)9-11(13-2)12(17)14-5-8-18-7-4-6-15/h11,13,15H,3-9H2,1-2H3,(H,14,17). The highest BCUT2D eigenvalue weighted by molar-refractivity contribution is 5.89. The van der Waals surface area contributed by atoms with Gasteiger partial charge in [-0.25, -0.2) is 0 Å². The number of amides is 1. The smallest absolute Gasteiger partial charge is 0.237 e. The topological polar surface area (TPSA) is 87.7 Å². The predicted octanol–water partition coefficient (Wildman–Crippen LogP) is -0.541. The number of carbonyl (C=O) groups excluding carboxylic acids is 2. The summed E-state index contributed by atoms with van der Waals surface area (Å²) in [5.74, 6) is -0.131. The molecule has 0 saturated carbocycles. The lowest BCUT2D eigenvalue weighted by Crippen LogP contribution is -2.44. The molecule has 6 nitrogen and oxygen atoms in total. The molecule has 0 aliphatic rings. The van der Waals surface area contributed by atoms with E-state index in [1.165, 1.54) is 0 Å². The van der Waals surface area contributed by atoms with Crippen LogP contribution in [0.3, 0.4) is 0 Å². The molecule has 1 atom stereocenters. The minimum absolute atomic E-state index is 0.0590. The number of likely N-dealkylation sites (N-methyl/N-ethyl adjacent to an activating group) is 1. The van der Waals surface area contributed by atoms with E-state index in [4.69, 9.17) is 9.84 Å². The third-order valence-corrected chi connectivity index (χ3v) is 2.48. The summed E-state index contributed by atoms with van der Waals surface area (Å²) in [7, 11) is 1.66. The van der Waals surface area contributed by atoms with Crippen molar-refractivity contribution >= 4 is 11.7 Å². The summed E-state index contributed by atoms with van der Waals surface area (Å²) in [6.07, 6.45) is 1.25. The number of hydrogen-bond acceptors (Lipinski definition) is 5. The molecule has 0 aliphatic carbocycles. The fourth-order valence-electron chi connectivity index (χ4n) is 1.34. The third-order valence-electron chi connectivity index (χ3n) is 2.48. The Hall–Kier alpha value is -0.980. The monoisotopic (exact) mass is 260 g/mol. The van der Waals surface area contributed by atoms with Gasteiger partial charge in [-0.15, -0.1) is 0 Å². The minimum Gasteiger partial charge on any atom is -0.396 e. The highest BCUT2D eigenvalue weighted by atomic mass is 16.5. The molecule has 0 fully saturated rings. The minimum atomic E-state index is -0.477. The fourth-order valence-corrected chi connectivity index (χ4v) is 1.34. The van der Waals surface area contributed by atoms with Gasteiger partial charge in [0.05, 0.1) is 12.6 Å². The Morgan fingerprint density at radius 2 is 2.06 bits per heavy atom. The van der Waals surface area contributed by atoms with Gasteiger partial charge in [0.15, 0.2) is 0 Å². The molecule has 0 spiro atoms. The largest absolute Gasteiger partial charge is 0.396 e. The van der Waals surface area contributed by atoms with E-state index in [1.807, 2.05) is 0 Å². The van der Waals surface area contributed by atoms with Gasteiger partial charge in [-0.05, 0) is 13.5 Å². The summed E-state index contributed by atoms with van der Waals surface area (Å²) < 4.78 is 5.18. The van der Waals surface area contributed by atoms with Crippen molar-refractivity contribution in [1.29, 1.82) is 0 Å². The molecule has 0 aliphatic heterocycles. The van der Waals surface area contributed by atoms with Crippen molar-refractivity contribution in [3.8, 4) is 0 Å². The molecular formula is C12H24N2O4. The number of rotatable bonds is 11. The summed E-state index contributed by atoms with van der Waals surface area (Å²) in [4.78, 5) is 23.0. The molecule has 106 valence electrons. The van der Waals surface area contributed by atoms with Gasteiger partial charge in [-0.1, -0.05) is 6.92 Å². The van der Waals surface area contributed by atoms with Crippen LogP contribution in [0, 0.1) is 0 Å². The molecule has 18 heavy (non-hydrogen) atoms. The lowest BCUT2D eigenvalue weighted by molar-refractivity contribution is -0.127. The van der Waals surface area contributed by atoms with E-state index in [-0.39, 0.29) is 24.7 Å². The number of aliphatic hydroxyl groups excluding tert-OH is 1. The molecule has 0 aromatic heterocycles. The van der Waals surface area contributed by atoms with Crippen LogP contribution in [0.15, 0.2) is 0 Å². The van der Waals surface area contributed by atoms with Crippen LogP contribution in [-0.4, -0.2) is 56.3 Å². The van der Waals surface area contributed by atoms with E-state index in [9.17, 15) is 9.59 Å². The maximum absolute atomic E-state index is 11.7. The Balaban J connectivity index is 3.73. The molecule has 3 N–H and O–H groups in total. The summed E-state index contributed by atoms with van der Waals surface area (Å²) >= 11 is 0. The Labute approximate surface area is 108 Å². The molecule has 1 amide bonds. The van der Waals surface area contributed by atoms with Gasteiger partial charge in [0, 0.05) is 32.6 Å². The number of aliphatic hydroxyl groups is 1. The molecule has 0 heterocycles. The van der Waals surface area contributed by atoms with Gasteiger partial charge in [-0.3, -0.25) is 9.59 Å². The van der Waals surface area contributed by atoms with Crippen LogP contribution in [0.5, 0.6) is 0 Å². The molecule has 1 unspecified atom stereocenters. The molecule has 0 saturated heterocycles. The number of ketones is 1. The number of hydrogen-bond donors (Lipinski definition) is 3. The zero-order chi connectivity index (χ0) is 13.8. The van der Waals surface area contributed by atoms with Crippen LogP contribution < -0.4 is 10.6 Å². The average Bonchev–Trinajstić information content (AvgIpc) is 2.39. The average molecular weight is 260 g/mol. The van der Waals surface area contributed by atoms with Gasteiger partial charge in [0.2, 0.25) is 5.91 Å².